The summed E-state index contributed by atoms with van der Waals surface area (Å²) in [6, 6.07) is 54.7. The van der Waals surface area contributed by atoms with Gasteiger partial charge in [0.2, 0.25) is 0 Å². The number of aromatic nitrogens is 4. The molecule has 0 aliphatic carbocycles. The number of aliphatic imine (C=N–C) groups is 1. The topological polar surface area (TPSA) is 69.1 Å². The molecule has 0 aliphatic heterocycles. The van der Waals surface area contributed by atoms with Gasteiger partial charge in [0.05, 0.1) is 22.3 Å². The number of benzene rings is 7. The van der Waals surface area contributed by atoms with Crippen LogP contribution in [0.3, 0.4) is 0 Å². The number of aryl methyl sites for hydroxylation is 1. The fourth-order valence-corrected chi connectivity index (χ4v) is 7.85. The van der Waals surface area contributed by atoms with Crippen molar-refractivity contribution in [3.63, 3.8) is 0 Å². The van der Waals surface area contributed by atoms with Crippen molar-refractivity contribution in [1.82, 2.24) is 19.5 Å². The minimum absolute atomic E-state index is 0.534. The molecule has 3 aromatic heterocycles. The van der Waals surface area contributed by atoms with Crippen LogP contribution in [-0.2, 0) is 0 Å². The Hall–Kier alpha value is -7.44. The highest BCUT2D eigenvalue weighted by Gasteiger charge is 2.25. The van der Waals surface area contributed by atoms with Crippen LogP contribution < -0.4 is 0 Å². The Morgan fingerprint density at radius 3 is 1.85 bits per heavy atom. The standard InChI is InChI=1S/C49H33N5O/c1-31-36(29-30-50-2)45-44(55-31)28-27-43(54-41-21-10-8-18-39(41)40-19-9-11-22-42(40)54)46(45)49-52-47(34-14-4-3-5-15-34)51-48(53-49)35-25-23-33(24-26-35)38-20-12-16-32-13-6-7-17-37(32)38/h3-30H,2H2,1H3/b30-29-. The van der Waals surface area contributed by atoms with E-state index < -0.39 is 0 Å². The van der Waals surface area contributed by atoms with E-state index in [1.165, 1.54) is 16.3 Å². The summed E-state index contributed by atoms with van der Waals surface area (Å²) in [5.41, 5.74) is 9.61. The van der Waals surface area contributed by atoms with Crippen molar-refractivity contribution in [1.29, 1.82) is 0 Å². The molecule has 0 bridgehead atoms. The predicted octanol–water partition coefficient (Wildman–Crippen LogP) is 12.5. The largest absolute Gasteiger partial charge is 0.461 e. The lowest BCUT2D eigenvalue weighted by atomic mass is 9.97. The molecule has 3 heterocycles. The van der Waals surface area contributed by atoms with E-state index in [4.69, 9.17) is 19.4 Å². The predicted molar refractivity (Wildman–Crippen MR) is 227 cm³/mol. The second kappa shape index (κ2) is 13.2. The fourth-order valence-electron chi connectivity index (χ4n) is 7.85. The summed E-state index contributed by atoms with van der Waals surface area (Å²) >= 11 is 0. The van der Waals surface area contributed by atoms with Crippen molar-refractivity contribution in [2.75, 3.05) is 0 Å². The van der Waals surface area contributed by atoms with Gasteiger partial charge in [-0.3, -0.25) is 4.99 Å². The molecule has 0 aliphatic rings. The molecule has 0 N–H and O–H groups in total. The van der Waals surface area contributed by atoms with Crippen LogP contribution in [0.2, 0.25) is 0 Å². The highest BCUT2D eigenvalue weighted by Crippen LogP contribution is 2.42. The summed E-state index contributed by atoms with van der Waals surface area (Å²) in [6.45, 7) is 5.67. The number of nitrogens with zero attached hydrogens (tertiary/aromatic N) is 5. The molecule has 0 atom stereocenters. The molecule has 0 saturated carbocycles. The molecule has 55 heavy (non-hydrogen) atoms. The van der Waals surface area contributed by atoms with E-state index in [0.29, 0.717) is 17.5 Å². The van der Waals surface area contributed by atoms with E-state index in [2.05, 4.69) is 138 Å². The Labute approximate surface area is 317 Å². The van der Waals surface area contributed by atoms with Gasteiger partial charge in [-0.1, -0.05) is 133 Å². The van der Waals surface area contributed by atoms with Crippen LogP contribution in [-0.4, -0.2) is 26.2 Å². The molecule has 0 amide bonds. The molecule has 7 aromatic carbocycles. The monoisotopic (exact) mass is 707 g/mol. The van der Waals surface area contributed by atoms with Gasteiger partial charge in [-0.05, 0) is 65.9 Å². The number of rotatable bonds is 7. The summed E-state index contributed by atoms with van der Waals surface area (Å²) in [5.74, 6) is 2.45. The zero-order valence-corrected chi connectivity index (χ0v) is 30.0. The van der Waals surface area contributed by atoms with Gasteiger partial charge in [0, 0.05) is 39.0 Å². The first kappa shape index (κ1) is 32.2. The summed E-state index contributed by atoms with van der Waals surface area (Å²) < 4.78 is 8.74. The van der Waals surface area contributed by atoms with Crippen molar-refractivity contribution in [2.24, 2.45) is 4.99 Å². The minimum Gasteiger partial charge on any atom is -0.461 e. The maximum Gasteiger partial charge on any atom is 0.166 e. The van der Waals surface area contributed by atoms with Crippen molar-refractivity contribution in [2.45, 2.75) is 6.92 Å². The van der Waals surface area contributed by atoms with Gasteiger partial charge < -0.3 is 8.98 Å². The minimum atomic E-state index is 0.534. The lowest BCUT2D eigenvalue weighted by molar-refractivity contribution is 0.577. The summed E-state index contributed by atoms with van der Waals surface area (Å²) in [5, 5.41) is 5.63. The highest BCUT2D eigenvalue weighted by molar-refractivity contribution is 6.11. The average Bonchev–Trinajstić information content (AvgIpc) is 3.76. The van der Waals surface area contributed by atoms with Crippen LogP contribution in [0.4, 0.5) is 0 Å². The molecule has 0 unspecified atom stereocenters. The molecular formula is C49H33N5O. The quantitative estimate of drug-likeness (QED) is 0.155. The zero-order chi connectivity index (χ0) is 36.9. The van der Waals surface area contributed by atoms with Gasteiger partial charge in [0.15, 0.2) is 17.5 Å². The molecule has 10 rings (SSSR count). The van der Waals surface area contributed by atoms with Crippen LogP contribution in [0, 0.1) is 6.92 Å². The van der Waals surface area contributed by atoms with Crippen LogP contribution in [0.15, 0.2) is 173 Å². The number of fused-ring (bicyclic) bond motifs is 5. The SMILES string of the molecule is C=N/C=C\c1c(C)oc2ccc(-n3c4ccccc4c4ccccc43)c(-c3nc(-c4ccccc4)nc(-c4ccc(-c5cccc6ccccc56)cc4)n3)c12. The number of para-hydroxylation sites is 2. The van der Waals surface area contributed by atoms with E-state index in [0.717, 1.165) is 72.0 Å². The lowest BCUT2D eigenvalue weighted by Gasteiger charge is -2.16. The molecule has 260 valence electrons. The molecule has 6 heteroatoms. The van der Waals surface area contributed by atoms with E-state index in [1.54, 1.807) is 6.20 Å². The fraction of sp³-hybridized carbons (Fsp3) is 0.0204. The van der Waals surface area contributed by atoms with Gasteiger partial charge in [-0.15, -0.1) is 0 Å². The van der Waals surface area contributed by atoms with Crippen molar-refractivity contribution >= 4 is 56.3 Å². The van der Waals surface area contributed by atoms with Crippen molar-refractivity contribution < 1.29 is 4.42 Å². The van der Waals surface area contributed by atoms with Gasteiger partial charge in [0.25, 0.3) is 0 Å². The molecule has 0 spiro atoms. The van der Waals surface area contributed by atoms with E-state index >= 15 is 0 Å². The van der Waals surface area contributed by atoms with Crippen molar-refractivity contribution in [3.8, 4) is 51.0 Å². The Morgan fingerprint density at radius 1 is 0.564 bits per heavy atom. The Morgan fingerprint density at radius 2 is 1.15 bits per heavy atom. The van der Waals surface area contributed by atoms with Crippen LogP contribution in [0.5, 0.6) is 0 Å². The molecule has 6 nitrogen and oxygen atoms in total. The lowest BCUT2D eigenvalue weighted by Crippen LogP contribution is -2.04. The Kier molecular flexibility index (Phi) is 7.74. The van der Waals surface area contributed by atoms with Gasteiger partial charge in [0.1, 0.15) is 11.3 Å². The summed E-state index contributed by atoms with van der Waals surface area (Å²) in [4.78, 5) is 19.8. The summed E-state index contributed by atoms with van der Waals surface area (Å²) in [6.07, 6.45) is 3.64. The molecule has 0 radical (unpaired) electrons. The number of hydrogen-bond acceptors (Lipinski definition) is 5. The third-order valence-electron chi connectivity index (χ3n) is 10.4. The van der Waals surface area contributed by atoms with E-state index in [9.17, 15) is 0 Å². The molecule has 10 aromatic rings. The second-order valence-electron chi connectivity index (χ2n) is 13.5. The molecular weight excluding hydrogens is 675 g/mol. The first-order chi connectivity index (χ1) is 27.2. The maximum atomic E-state index is 6.43. The maximum absolute atomic E-state index is 6.43. The summed E-state index contributed by atoms with van der Waals surface area (Å²) in [7, 11) is 0. The number of hydrogen-bond donors (Lipinski definition) is 0. The third-order valence-corrected chi connectivity index (χ3v) is 10.4. The van der Waals surface area contributed by atoms with Gasteiger partial charge in [-0.2, -0.15) is 0 Å². The number of furan rings is 1. The second-order valence-corrected chi connectivity index (χ2v) is 13.5. The van der Waals surface area contributed by atoms with Crippen LogP contribution >= 0.6 is 0 Å². The van der Waals surface area contributed by atoms with Crippen molar-refractivity contribution in [3.05, 3.63) is 175 Å². The Bertz CT molecular complexity index is 3060. The molecule has 0 saturated heterocycles. The zero-order valence-electron chi connectivity index (χ0n) is 30.0. The van der Waals surface area contributed by atoms with Gasteiger partial charge in [-0.25, -0.2) is 15.0 Å². The highest BCUT2D eigenvalue weighted by atomic mass is 16.3. The third kappa shape index (κ3) is 5.42. The van der Waals surface area contributed by atoms with E-state index in [1.807, 2.05) is 49.4 Å². The first-order valence-electron chi connectivity index (χ1n) is 18.2. The van der Waals surface area contributed by atoms with Crippen LogP contribution in [0.25, 0.3) is 101 Å². The first-order valence-corrected chi connectivity index (χ1v) is 18.2. The normalized spacial score (nSPS) is 11.7. The van der Waals surface area contributed by atoms with Gasteiger partial charge >= 0.3 is 0 Å². The van der Waals surface area contributed by atoms with E-state index in [-0.39, 0.29) is 0 Å². The molecule has 0 fully saturated rings. The Balaban J connectivity index is 1.26. The average molecular weight is 708 g/mol. The smallest absolute Gasteiger partial charge is 0.166 e. The van der Waals surface area contributed by atoms with Crippen LogP contribution in [0.1, 0.15) is 11.3 Å².